The number of nitriles is 1. The molecule has 3 unspecified atom stereocenters. The molecule has 5 heteroatoms. The van der Waals surface area contributed by atoms with E-state index in [0.717, 1.165) is 30.3 Å². The highest BCUT2D eigenvalue weighted by molar-refractivity contribution is 5.84. The van der Waals surface area contributed by atoms with Gasteiger partial charge in [0.2, 0.25) is 5.91 Å². The SMILES string of the molecule is CC1CC(NC(=O)CC(C)(C)C)CC(c2ccc(C#N)c3nccnc23)C1. The van der Waals surface area contributed by atoms with Gasteiger partial charge in [0, 0.05) is 24.9 Å². The van der Waals surface area contributed by atoms with Crippen molar-refractivity contribution in [2.75, 3.05) is 0 Å². The van der Waals surface area contributed by atoms with Gasteiger partial charge in [-0.1, -0.05) is 33.8 Å². The summed E-state index contributed by atoms with van der Waals surface area (Å²) in [6.07, 6.45) is 6.81. The first-order chi connectivity index (χ1) is 12.8. The molecular formula is C22H28N4O. The molecular weight excluding hydrogens is 336 g/mol. The van der Waals surface area contributed by atoms with Crippen LogP contribution in [-0.4, -0.2) is 21.9 Å². The lowest BCUT2D eigenvalue weighted by atomic mass is 9.75. The summed E-state index contributed by atoms with van der Waals surface area (Å²) < 4.78 is 0. The number of nitrogens with one attached hydrogen (secondary N) is 1. The highest BCUT2D eigenvalue weighted by Gasteiger charge is 2.30. The Morgan fingerprint density at radius 3 is 2.56 bits per heavy atom. The Bertz CT molecular complexity index is 878. The first kappa shape index (κ1) is 19.3. The lowest BCUT2D eigenvalue weighted by molar-refractivity contribution is -0.123. The number of rotatable bonds is 3. The fraction of sp³-hybridized carbons (Fsp3) is 0.545. The monoisotopic (exact) mass is 364 g/mol. The third-order valence-electron chi connectivity index (χ3n) is 5.22. The molecule has 3 atom stereocenters. The maximum atomic E-state index is 12.4. The van der Waals surface area contributed by atoms with Crippen LogP contribution in [0.15, 0.2) is 24.5 Å². The zero-order chi connectivity index (χ0) is 19.6. The van der Waals surface area contributed by atoms with Gasteiger partial charge >= 0.3 is 0 Å². The highest BCUT2D eigenvalue weighted by atomic mass is 16.1. The predicted molar refractivity (Wildman–Crippen MR) is 106 cm³/mol. The molecule has 1 saturated carbocycles. The number of hydrogen-bond acceptors (Lipinski definition) is 4. The molecule has 0 saturated heterocycles. The quantitative estimate of drug-likeness (QED) is 0.879. The fourth-order valence-corrected chi connectivity index (χ4v) is 4.23. The summed E-state index contributed by atoms with van der Waals surface area (Å²) >= 11 is 0. The summed E-state index contributed by atoms with van der Waals surface area (Å²) in [6.45, 7) is 8.49. The Hall–Kier alpha value is -2.48. The largest absolute Gasteiger partial charge is 0.353 e. The number of carbonyl (C=O) groups is 1. The lowest BCUT2D eigenvalue weighted by Gasteiger charge is -2.35. The molecule has 1 amide bonds. The van der Waals surface area contributed by atoms with Crippen molar-refractivity contribution in [1.29, 1.82) is 5.26 Å². The van der Waals surface area contributed by atoms with E-state index in [1.54, 1.807) is 12.4 Å². The van der Waals surface area contributed by atoms with Gasteiger partial charge in [-0.15, -0.1) is 0 Å². The smallest absolute Gasteiger partial charge is 0.220 e. The summed E-state index contributed by atoms with van der Waals surface area (Å²) in [5, 5.41) is 12.6. The van der Waals surface area contributed by atoms with Gasteiger partial charge in [0.05, 0.1) is 11.1 Å². The van der Waals surface area contributed by atoms with Crippen molar-refractivity contribution in [3.05, 3.63) is 35.7 Å². The molecule has 0 radical (unpaired) electrons. The molecule has 3 rings (SSSR count). The number of fused-ring (bicyclic) bond motifs is 1. The van der Waals surface area contributed by atoms with Crippen molar-refractivity contribution in [2.45, 2.75) is 65.3 Å². The second-order valence-corrected chi connectivity index (χ2v) is 9.08. The summed E-state index contributed by atoms with van der Waals surface area (Å²) in [4.78, 5) is 21.3. The molecule has 5 nitrogen and oxygen atoms in total. The second kappa shape index (κ2) is 7.64. The Morgan fingerprint density at radius 2 is 1.89 bits per heavy atom. The van der Waals surface area contributed by atoms with Gasteiger partial charge in [-0.25, -0.2) is 0 Å². The predicted octanol–water partition coefficient (Wildman–Crippen LogP) is 4.33. The number of carbonyl (C=O) groups excluding carboxylic acids is 1. The second-order valence-electron chi connectivity index (χ2n) is 9.08. The van der Waals surface area contributed by atoms with Gasteiger partial charge in [0.1, 0.15) is 11.6 Å². The summed E-state index contributed by atoms with van der Waals surface area (Å²) in [6, 6.07) is 6.25. The van der Waals surface area contributed by atoms with E-state index in [0.29, 0.717) is 29.3 Å². The molecule has 1 heterocycles. The van der Waals surface area contributed by atoms with Crippen LogP contribution in [0.25, 0.3) is 11.0 Å². The average Bonchev–Trinajstić information content (AvgIpc) is 2.58. The molecule has 0 bridgehead atoms. The topological polar surface area (TPSA) is 78.7 Å². The zero-order valence-electron chi connectivity index (χ0n) is 16.6. The summed E-state index contributed by atoms with van der Waals surface area (Å²) in [5.74, 6) is 0.955. The van der Waals surface area contributed by atoms with Crippen molar-refractivity contribution in [3.8, 4) is 6.07 Å². The first-order valence-electron chi connectivity index (χ1n) is 9.70. The van der Waals surface area contributed by atoms with Crippen molar-refractivity contribution in [2.24, 2.45) is 11.3 Å². The molecule has 1 aliphatic carbocycles. The van der Waals surface area contributed by atoms with Crippen LogP contribution in [0.4, 0.5) is 0 Å². The van der Waals surface area contributed by atoms with Gasteiger partial charge in [-0.3, -0.25) is 14.8 Å². The molecule has 27 heavy (non-hydrogen) atoms. The first-order valence-corrected chi connectivity index (χ1v) is 9.70. The van der Waals surface area contributed by atoms with Gasteiger partial charge in [0.15, 0.2) is 0 Å². The minimum absolute atomic E-state index is 0.0112. The van der Waals surface area contributed by atoms with Crippen LogP contribution in [0.3, 0.4) is 0 Å². The van der Waals surface area contributed by atoms with E-state index in [1.807, 2.05) is 12.1 Å². The lowest BCUT2D eigenvalue weighted by Crippen LogP contribution is -2.41. The minimum atomic E-state index is -0.0112. The van der Waals surface area contributed by atoms with Crippen LogP contribution >= 0.6 is 0 Å². The Kier molecular flexibility index (Phi) is 5.46. The molecule has 1 N–H and O–H groups in total. The zero-order valence-corrected chi connectivity index (χ0v) is 16.6. The van der Waals surface area contributed by atoms with E-state index in [2.05, 4.69) is 49.0 Å². The van der Waals surface area contributed by atoms with E-state index >= 15 is 0 Å². The van der Waals surface area contributed by atoms with Crippen LogP contribution in [-0.2, 0) is 4.79 Å². The van der Waals surface area contributed by atoms with Gasteiger partial charge < -0.3 is 5.32 Å². The van der Waals surface area contributed by atoms with E-state index in [1.165, 1.54) is 0 Å². The number of hydrogen-bond donors (Lipinski definition) is 1. The Morgan fingerprint density at radius 1 is 1.19 bits per heavy atom. The number of nitrogens with zero attached hydrogens (tertiary/aromatic N) is 3. The van der Waals surface area contributed by atoms with Gasteiger partial charge in [0.25, 0.3) is 0 Å². The van der Waals surface area contributed by atoms with Crippen LogP contribution in [0, 0.1) is 22.7 Å². The van der Waals surface area contributed by atoms with Crippen LogP contribution in [0.1, 0.15) is 70.4 Å². The summed E-state index contributed by atoms with van der Waals surface area (Å²) in [7, 11) is 0. The molecule has 1 aliphatic rings. The molecule has 1 fully saturated rings. The number of benzene rings is 1. The Balaban J connectivity index is 1.84. The Labute approximate surface area is 161 Å². The molecule has 1 aromatic heterocycles. The van der Waals surface area contributed by atoms with E-state index in [9.17, 15) is 10.1 Å². The molecule has 0 aliphatic heterocycles. The molecule has 1 aromatic carbocycles. The normalized spacial score (nSPS) is 23.0. The van der Waals surface area contributed by atoms with Crippen LogP contribution in [0.5, 0.6) is 0 Å². The molecule has 2 aromatic rings. The van der Waals surface area contributed by atoms with Crippen molar-refractivity contribution >= 4 is 16.9 Å². The van der Waals surface area contributed by atoms with E-state index in [-0.39, 0.29) is 17.4 Å². The summed E-state index contributed by atoms with van der Waals surface area (Å²) in [5.41, 5.74) is 3.17. The third-order valence-corrected chi connectivity index (χ3v) is 5.22. The van der Waals surface area contributed by atoms with Gasteiger partial charge in [-0.2, -0.15) is 5.26 Å². The maximum Gasteiger partial charge on any atom is 0.220 e. The molecule has 142 valence electrons. The van der Waals surface area contributed by atoms with Crippen molar-refractivity contribution in [1.82, 2.24) is 15.3 Å². The van der Waals surface area contributed by atoms with E-state index < -0.39 is 0 Å². The average molecular weight is 364 g/mol. The van der Waals surface area contributed by atoms with Gasteiger partial charge in [-0.05, 0) is 48.1 Å². The van der Waals surface area contributed by atoms with Crippen LogP contribution < -0.4 is 5.32 Å². The molecule has 0 spiro atoms. The number of amides is 1. The highest BCUT2D eigenvalue weighted by Crippen LogP contribution is 2.39. The fourth-order valence-electron chi connectivity index (χ4n) is 4.23. The number of aromatic nitrogens is 2. The van der Waals surface area contributed by atoms with E-state index in [4.69, 9.17) is 0 Å². The third kappa shape index (κ3) is 4.63. The minimum Gasteiger partial charge on any atom is -0.353 e. The van der Waals surface area contributed by atoms with Crippen molar-refractivity contribution < 1.29 is 4.79 Å². The standard InChI is InChI=1S/C22H28N4O/c1-14-9-16(11-17(10-14)26-19(27)12-22(2,3)4)18-6-5-15(13-23)20-21(18)25-8-7-24-20/h5-8,14,16-17H,9-12H2,1-4H3,(H,26,27). The van der Waals surface area contributed by atoms with Crippen LogP contribution in [0.2, 0.25) is 0 Å². The van der Waals surface area contributed by atoms with Crippen molar-refractivity contribution in [3.63, 3.8) is 0 Å². The maximum absolute atomic E-state index is 12.4.